The molecule has 1 fully saturated rings. The first-order valence-corrected chi connectivity index (χ1v) is 8.13. The van der Waals surface area contributed by atoms with Crippen molar-refractivity contribution >= 4 is 15.9 Å². The van der Waals surface area contributed by atoms with Gasteiger partial charge in [-0.3, -0.25) is 0 Å². The first-order valence-electron chi connectivity index (χ1n) is 7.33. The summed E-state index contributed by atoms with van der Waals surface area (Å²) < 4.78 is 19.7. The fraction of sp³-hybridized carbons (Fsp3) is 0.625. The largest absolute Gasteiger partial charge is 0.378 e. The molecule has 0 spiro atoms. The van der Waals surface area contributed by atoms with Gasteiger partial charge in [0.1, 0.15) is 5.82 Å². The summed E-state index contributed by atoms with van der Waals surface area (Å²) in [4.78, 5) is 0. The molecule has 1 heterocycles. The maximum absolute atomic E-state index is 13.3. The molecular weight excluding hydrogens is 321 g/mol. The second-order valence-electron chi connectivity index (χ2n) is 5.73. The molecule has 2 rings (SSSR count). The minimum absolute atomic E-state index is 0.117. The number of halogens is 2. The Morgan fingerprint density at radius 1 is 1.50 bits per heavy atom. The zero-order valence-corrected chi connectivity index (χ0v) is 13.8. The van der Waals surface area contributed by atoms with Gasteiger partial charge in [0.2, 0.25) is 0 Å². The molecule has 1 aromatic rings. The van der Waals surface area contributed by atoms with Gasteiger partial charge in [-0.2, -0.15) is 0 Å². The predicted molar refractivity (Wildman–Crippen MR) is 83.4 cm³/mol. The van der Waals surface area contributed by atoms with E-state index in [1.807, 2.05) is 12.1 Å². The van der Waals surface area contributed by atoms with E-state index in [0.29, 0.717) is 4.47 Å². The van der Waals surface area contributed by atoms with Crippen LogP contribution in [0.25, 0.3) is 0 Å². The summed E-state index contributed by atoms with van der Waals surface area (Å²) in [6.45, 7) is 7.13. The Bertz CT molecular complexity index is 454. The summed E-state index contributed by atoms with van der Waals surface area (Å²) in [6, 6.07) is 5.31. The fourth-order valence-corrected chi connectivity index (χ4v) is 3.34. The van der Waals surface area contributed by atoms with Crippen LogP contribution >= 0.6 is 15.9 Å². The van der Waals surface area contributed by atoms with Crippen LogP contribution in [0.1, 0.15) is 32.3 Å². The second-order valence-corrected chi connectivity index (χ2v) is 6.58. The van der Waals surface area contributed by atoms with Crippen LogP contribution in [0.2, 0.25) is 0 Å². The van der Waals surface area contributed by atoms with Gasteiger partial charge in [-0.1, -0.05) is 13.0 Å². The van der Waals surface area contributed by atoms with Gasteiger partial charge >= 0.3 is 0 Å². The highest BCUT2D eigenvalue weighted by molar-refractivity contribution is 9.10. The molecule has 2 nitrogen and oxygen atoms in total. The zero-order valence-electron chi connectivity index (χ0n) is 12.2. The van der Waals surface area contributed by atoms with Crippen LogP contribution < -0.4 is 5.32 Å². The number of hydrogen-bond acceptors (Lipinski definition) is 2. The Balaban J connectivity index is 2.12. The first-order chi connectivity index (χ1) is 9.57. The van der Waals surface area contributed by atoms with E-state index < -0.39 is 0 Å². The molecular formula is C16H23BrFNO. The van der Waals surface area contributed by atoms with Gasteiger partial charge in [0.05, 0.1) is 10.6 Å². The van der Waals surface area contributed by atoms with Gasteiger partial charge < -0.3 is 10.1 Å². The Labute approximate surface area is 129 Å². The number of benzene rings is 1. The van der Waals surface area contributed by atoms with Crippen LogP contribution in [-0.4, -0.2) is 25.8 Å². The lowest BCUT2D eigenvalue weighted by molar-refractivity contribution is 0.0631. The molecule has 0 aliphatic carbocycles. The van der Waals surface area contributed by atoms with Crippen LogP contribution in [-0.2, 0) is 11.2 Å². The van der Waals surface area contributed by atoms with E-state index in [2.05, 4.69) is 35.1 Å². The van der Waals surface area contributed by atoms with Gasteiger partial charge in [-0.25, -0.2) is 4.39 Å². The summed E-state index contributed by atoms with van der Waals surface area (Å²) in [6.07, 6.45) is 3.34. The van der Waals surface area contributed by atoms with Crippen molar-refractivity contribution in [3.8, 4) is 0 Å². The third kappa shape index (κ3) is 3.60. The highest BCUT2D eigenvalue weighted by Gasteiger charge is 2.41. The van der Waals surface area contributed by atoms with E-state index >= 15 is 0 Å². The van der Waals surface area contributed by atoms with Crippen molar-refractivity contribution in [1.82, 2.24) is 5.32 Å². The molecule has 1 aliphatic rings. The van der Waals surface area contributed by atoms with Crippen molar-refractivity contribution in [3.05, 3.63) is 34.1 Å². The number of nitrogens with one attached hydrogen (secondary N) is 1. The van der Waals surface area contributed by atoms with Gasteiger partial charge in [0, 0.05) is 18.6 Å². The lowest BCUT2D eigenvalue weighted by Crippen LogP contribution is -2.41. The summed E-state index contributed by atoms with van der Waals surface area (Å²) in [7, 11) is 0. The van der Waals surface area contributed by atoms with E-state index in [0.717, 1.165) is 44.5 Å². The Kier molecular flexibility index (Phi) is 5.58. The number of hydrogen-bond donors (Lipinski definition) is 1. The molecule has 112 valence electrons. The fourth-order valence-electron chi connectivity index (χ4n) is 2.92. The van der Waals surface area contributed by atoms with Gasteiger partial charge in [0.25, 0.3) is 0 Å². The monoisotopic (exact) mass is 343 g/mol. The maximum atomic E-state index is 13.3. The maximum Gasteiger partial charge on any atom is 0.137 e. The Morgan fingerprint density at radius 2 is 2.30 bits per heavy atom. The van der Waals surface area contributed by atoms with E-state index in [9.17, 15) is 4.39 Å². The first kappa shape index (κ1) is 15.9. The highest BCUT2D eigenvalue weighted by atomic mass is 79.9. The summed E-state index contributed by atoms with van der Waals surface area (Å²) in [5.74, 6) is -0.206. The van der Waals surface area contributed by atoms with E-state index in [1.54, 1.807) is 0 Å². The van der Waals surface area contributed by atoms with E-state index in [-0.39, 0.29) is 17.3 Å². The van der Waals surface area contributed by atoms with Crippen LogP contribution in [0, 0.1) is 11.2 Å². The normalized spacial score (nSPS) is 26.1. The molecule has 2 atom stereocenters. The molecule has 20 heavy (non-hydrogen) atoms. The molecule has 0 aromatic heterocycles. The lowest BCUT2D eigenvalue weighted by atomic mass is 9.76. The Morgan fingerprint density at radius 3 is 2.90 bits per heavy atom. The molecule has 1 aromatic carbocycles. The van der Waals surface area contributed by atoms with E-state index in [4.69, 9.17) is 4.74 Å². The van der Waals surface area contributed by atoms with Crippen LogP contribution in [0.4, 0.5) is 4.39 Å². The topological polar surface area (TPSA) is 21.3 Å². The number of rotatable bonds is 6. The van der Waals surface area contributed by atoms with E-state index in [1.165, 1.54) is 6.07 Å². The molecule has 1 aliphatic heterocycles. The van der Waals surface area contributed by atoms with Gasteiger partial charge in [-0.05, 0) is 66.4 Å². The lowest BCUT2D eigenvalue weighted by Gasteiger charge is -2.33. The SMILES string of the molecule is CCCNCC1(Cc2ccc(F)c(Br)c2)CCOC1C. The third-order valence-electron chi connectivity index (χ3n) is 4.27. The Hall–Kier alpha value is -0.450. The molecule has 4 heteroatoms. The highest BCUT2D eigenvalue weighted by Crippen LogP contribution is 2.38. The molecule has 2 unspecified atom stereocenters. The van der Waals surface area contributed by atoms with Gasteiger partial charge in [0.15, 0.2) is 0 Å². The molecule has 0 amide bonds. The molecule has 1 N–H and O–H groups in total. The quantitative estimate of drug-likeness (QED) is 0.790. The predicted octanol–water partition coefficient (Wildman–Crippen LogP) is 3.93. The number of ether oxygens (including phenoxy) is 1. The molecule has 0 bridgehead atoms. The van der Waals surface area contributed by atoms with Crippen LogP contribution in [0.15, 0.2) is 22.7 Å². The molecule has 0 radical (unpaired) electrons. The minimum atomic E-state index is -0.206. The van der Waals surface area contributed by atoms with Crippen LogP contribution in [0.5, 0.6) is 0 Å². The van der Waals surface area contributed by atoms with Crippen molar-refractivity contribution in [3.63, 3.8) is 0 Å². The van der Waals surface area contributed by atoms with Crippen molar-refractivity contribution in [2.45, 2.75) is 39.2 Å². The summed E-state index contributed by atoms with van der Waals surface area (Å²) >= 11 is 3.27. The average molecular weight is 344 g/mol. The third-order valence-corrected chi connectivity index (χ3v) is 4.88. The van der Waals surface area contributed by atoms with Gasteiger partial charge in [-0.15, -0.1) is 0 Å². The summed E-state index contributed by atoms with van der Waals surface area (Å²) in [5, 5.41) is 3.53. The zero-order chi connectivity index (χ0) is 14.6. The second kappa shape index (κ2) is 7.01. The molecule has 1 saturated heterocycles. The van der Waals surface area contributed by atoms with Crippen molar-refractivity contribution in [1.29, 1.82) is 0 Å². The summed E-state index contributed by atoms with van der Waals surface area (Å²) in [5.41, 5.74) is 1.28. The smallest absolute Gasteiger partial charge is 0.137 e. The molecule has 0 saturated carbocycles. The minimum Gasteiger partial charge on any atom is -0.378 e. The van der Waals surface area contributed by atoms with Crippen LogP contribution in [0.3, 0.4) is 0 Å². The van der Waals surface area contributed by atoms with Crippen molar-refractivity contribution in [2.24, 2.45) is 5.41 Å². The van der Waals surface area contributed by atoms with Crippen molar-refractivity contribution < 1.29 is 9.13 Å². The van der Waals surface area contributed by atoms with Crippen molar-refractivity contribution in [2.75, 3.05) is 19.7 Å². The standard InChI is InChI=1S/C16H23BrFNO/c1-3-7-19-11-16(6-8-20-12(16)2)10-13-4-5-15(18)14(17)9-13/h4-5,9,12,19H,3,6-8,10-11H2,1-2H3. The average Bonchev–Trinajstić information content (AvgIpc) is 2.76.